The van der Waals surface area contributed by atoms with E-state index in [4.69, 9.17) is 11.6 Å². The number of sulfonamides is 1. The van der Waals surface area contributed by atoms with E-state index in [9.17, 15) is 13.2 Å². The molecule has 0 aliphatic carbocycles. The molecule has 3 rings (SSSR count). The summed E-state index contributed by atoms with van der Waals surface area (Å²) in [6.45, 7) is 9.05. The number of carbonyl (C=O) groups excluding carboxylic acids is 1. The standard InChI is InChI=1S/C20H27ClN4O3S2/c1-4-24-9-11-25(12-10-24)17-6-5-16(13-15(17)2)22-19(26)14-23(3)30(27,28)20-8-7-18(21)29-20/h5-8,13H,4,9-12,14H2,1-3H3,(H,22,26). The molecule has 1 aromatic heterocycles. The number of benzene rings is 1. The average molecular weight is 471 g/mol. The van der Waals surface area contributed by atoms with Crippen LogP contribution in [0, 0.1) is 6.92 Å². The van der Waals surface area contributed by atoms with Gasteiger partial charge in [0.2, 0.25) is 5.91 Å². The molecule has 1 amide bonds. The van der Waals surface area contributed by atoms with E-state index in [0.717, 1.165) is 59.6 Å². The molecule has 1 saturated heterocycles. The average Bonchev–Trinajstić information content (AvgIpc) is 3.15. The molecule has 0 atom stereocenters. The summed E-state index contributed by atoms with van der Waals surface area (Å²) in [5, 5.41) is 2.79. The molecule has 30 heavy (non-hydrogen) atoms. The predicted octanol–water partition coefficient (Wildman–Crippen LogP) is 3.11. The van der Waals surface area contributed by atoms with Crippen LogP contribution < -0.4 is 10.2 Å². The third-order valence-electron chi connectivity index (χ3n) is 5.22. The van der Waals surface area contributed by atoms with Crippen molar-refractivity contribution < 1.29 is 13.2 Å². The number of hydrogen-bond donors (Lipinski definition) is 1. The number of rotatable bonds is 7. The lowest BCUT2D eigenvalue weighted by atomic mass is 10.1. The number of nitrogens with zero attached hydrogens (tertiary/aromatic N) is 3. The highest BCUT2D eigenvalue weighted by Gasteiger charge is 2.25. The van der Waals surface area contributed by atoms with E-state index in [1.807, 2.05) is 25.1 Å². The Hall–Kier alpha value is -1.65. The molecule has 1 aliphatic rings. The maximum absolute atomic E-state index is 12.5. The molecule has 2 heterocycles. The van der Waals surface area contributed by atoms with Gasteiger partial charge in [0, 0.05) is 44.6 Å². The SMILES string of the molecule is CCN1CCN(c2ccc(NC(=O)CN(C)S(=O)(=O)c3ccc(Cl)s3)cc2C)CC1. The van der Waals surface area contributed by atoms with Crippen molar-refractivity contribution in [3.8, 4) is 0 Å². The van der Waals surface area contributed by atoms with Crippen molar-refractivity contribution in [2.45, 2.75) is 18.1 Å². The van der Waals surface area contributed by atoms with Gasteiger partial charge in [0.05, 0.1) is 10.9 Å². The third-order valence-corrected chi connectivity index (χ3v) is 8.72. The number of thiophene rings is 1. The van der Waals surface area contributed by atoms with E-state index in [1.54, 1.807) is 0 Å². The molecule has 0 radical (unpaired) electrons. The van der Waals surface area contributed by atoms with Gasteiger partial charge in [-0.1, -0.05) is 18.5 Å². The zero-order valence-corrected chi connectivity index (χ0v) is 19.8. The number of nitrogens with one attached hydrogen (secondary N) is 1. The van der Waals surface area contributed by atoms with Crippen molar-refractivity contribution in [1.29, 1.82) is 0 Å². The molecule has 1 aromatic carbocycles. The summed E-state index contributed by atoms with van der Waals surface area (Å²) in [6.07, 6.45) is 0. The highest BCUT2D eigenvalue weighted by molar-refractivity contribution is 7.91. The molecule has 0 unspecified atom stereocenters. The van der Waals surface area contributed by atoms with Crippen LogP contribution >= 0.6 is 22.9 Å². The van der Waals surface area contributed by atoms with Gasteiger partial charge in [0.1, 0.15) is 4.21 Å². The second-order valence-electron chi connectivity index (χ2n) is 7.29. The number of piperazine rings is 1. The largest absolute Gasteiger partial charge is 0.369 e. The van der Waals surface area contributed by atoms with Crippen molar-refractivity contribution in [3.63, 3.8) is 0 Å². The summed E-state index contributed by atoms with van der Waals surface area (Å²) in [4.78, 5) is 17.2. The van der Waals surface area contributed by atoms with Gasteiger partial charge >= 0.3 is 0 Å². The summed E-state index contributed by atoms with van der Waals surface area (Å²) in [5.41, 5.74) is 2.89. The fourth-order valence-electron chi connectivity index (χ4n) is 3.47. The van der Waals surface area contributed by atoms with Gasteiger partial charge in [0.25, 0.3) is 10.0 Å². The molecule has 0 bridgehead atoms. The van der Waals surface area contributed by atoms with Gasteiger partial charge in [-0.2, -0.15) is 4.31 Å². The minimum atomic E-state index is -3.75. The number of carbonyl (C=O) groups is 1. The minimum absolute atomic E-state index is 0.117. The monoisotopic (exact) mass is 470 g/mol. The third kappa shape index (κ3) is 5.33. The Labute approximate surface area is 187 Å². The number of likely N-dealkylation sites (N-methyl/N-ethyl adjacent to an activating group) is 2. The Morgan fingerprint density at radius 1 is 1.20 bits per heavy atom. The molecule has 1 aliphatic heterocycles. The summed E-state index contributed by atoms with van der Waals surface area (Å²) < 4.78 is 26.6. The van der Waals surface area contributed by atoms with E-state index in [-0.39, 0.29) is 10.8 Å². The molecular weight excluding hydrogens is 444 g/mol. The van der Waals surface area contributed by atoms with Crippen molar-refractivity contribution >= 4 is 50.2 Å². The molecule has 1 N–H and O–H groups in total. The van der Waals surface area contributed by atoms with Gasteiger partial charge < -0.3 is 15.1 Å². The molecule has 7 nitrogen and oxygen atoms in total. The maximum Gasteiger partial charge on any atom is 0.252 e. The van der Waals surface area contributed by atoms with Crippen LogP contribution in [0.25, 0.3) is 0 Å². The highest BCUT2D eigenvalue weighted by atomic mass is 35.5. The van der Waals surface area contributed by atoms with Crippen LogP contribution in [-0.4, -0.2) is 69.8 Å². The van der Waals surface area contributed by atoms with Crippen LogP contribution in [0.3, 0.4) is 0 Å². The zero-order valence-electron chi connectivity index (χ0n) is 17.4. The number of anilines is 2. The van der Waals surface area contributed by atoms with Crippen LogP contribution in [0.4, 0.5) is 11.4 Å². The predicted molar refractivity (Wildman–Crippen MR) is 123 cm³/mol. The van der Waals surface area contributed by atoms with Gasteiger partial charge in [0.15, 0.2) is 0 Å². The molecule has 0 saturated carbocycles. The fraction of sp³-hybridized carbons (Fsp3) is 0.450. The van der Waals surface area contributed by atoms with Crippen molar-refractivity contribution in [3.05, 3.63) is 40.2 Å². The first-order valence-corrected chi connectivity index (χ1v) is 12.4. The quantitative estimate of drug-likeness (QED) is 0.673. The lowest BCUT2D eigenvalue weighted by Crippen LogP contribution is -2.46. The van der Waals surface area contributed by atoms with E-state index in [0.29, 0.717) is 10.0 Å². The zero-order chi connectivity index (χ0) is 21.9. The van der Waals surface area contributed by atoms with Gasteiger partial charge in [-0.15, -0.1) is 11.3 Å². The van der Waals surface area contributed by atoms with Crippen LogP contribution in [0.2, 0.25) is 4.34 Å². The summed E-state index contributed by atoms with van der Waals surface area (Å²) in [5.74, 6) is -0.396. The van der Waals surface area contributed by atoms with Gasteiger partial charge in [-0.3, -0.25) is 4.79 Å². The second kappa shape index (κ2) is 9.65. The first-order valence-electron chi connectivity index (χ1n) is 9.80. The number of amides is 1. The van der Waals surface area contributed by atoms with Gasteiger partial charge in [-0.05, 0) is 49.4 Å². The summed E-state index contributed by atoms with van der Waals surface area (Å²) >= 11 is 6.80. The molecule has 2 aromatic rings. The lowest BCUT2D eigenvalue weighted by Gasteiger charge is -2.36. The Morgan fingerprint density at radius 3 is 2.47 bits per heavy atom. The Kier molecular flexibility index (Phi) is 7.41. The second-order valence-corrected chi connectivity index (χ2v) is 11.3. The highest BCUT2D eigenvalue weighted by Crippen LogP contribution is 2.28. The Balaban J connectivity index is 1.61. The first-order chi connectivity index (χ1) is 14.2. The molecule has 1 fully saturated rings. The van der Waals surface area contributed by atoms with Crippen LogP contribution in [0.5, 0.6) is 0 Å². The topological polar surface area (TPSA) is 73.0 Å². The van der Waals surface area contributed by atoms with Crippen LogP contribution in [-0.2, 0) is 14.8 Å². The fourth-order valence-corrected chi connectivity index (χ4v) is 6.29. The lowest BCUT2D eigenvalue weighted by molar-refractivity contribution is -0.116. The first kappa shape index (κ1) is 23.0. The molecule has 164 valence electrons. The van der Waals surface area contributed by atoms with Crippen molar-refractivity contribution in [2.75, 3.05) is 56.5 Å². The Morgan fingerprint density at radius 2 is 1.90 bits per heavy atom. The summed E-state index contributed by atoms with van der Waals surface area (Å²) in [7, 11) is -2.36. The minimum Gasteiger partial charge on any atom is -0.369 e. The van der Waals surface area contributed by atoms with E-state index in [2.05, 4.69) is 22.0 Å². The van der Waals surface area contributed by atoms with E-state index >= 15 is 0 Å². The van der Waals surface area contributed by atoms with Gasteiger partial charge in [-0.25, -0.2) is 8.42 Å². The molecule has 0 spiro atoms. The summed E-state index contributed by atoms with van der Waals surface area (Å²) in [6, 6.07) is 8.77. The number of aryl methyl sites for hydroxylation is 1. The molecular formula is C20H27ClN4O3S2. The smallest absolute Gasteiger partial charge is 0.252 e. The number of hydrogen-bond acceptors (Lipinski definition) is 6. The van der Waals surface area contributed by atoms with Crippen LogP contribution in [0.15, 0.2) is 34.5 Å². The normalized spacial score (nSPS) is 15.6. The van der Waals surface area contributed by atoms with E-state index < -0.39 is 15.9 Å². The number of halogens is 1. The maximum atomic E-state index is 12.5. The van der Waals surface area contributed by atoms with E-state index in [1.165, 1.54) is 19.2 Å². The molecule has 10 heteroatoms. The van der Waals surface area contributed by atoms with Crippen molar-refractivity contribution in [2.24, 2.45) is 0 Å². The Bertz CT molecular complexity index is 1000. The van der Waals surface area contributed by atoms with Crippen LogP contribution in [0.1, 0.15) is 12.5 Å². The van der Waals surface area contributed by atoms with Crippen molar-refractivity contribution in [1.82, 2.24) is 9.21 Å².